The average molecular weight is 300 g/mol. The maximum absolute atomic E-state index is 8.83. The Hall–Kier alpha value is -1.34. The number of rotatable bonds is 6. The molecule has 1 atom stereocenters. The highest BCUT2D eigenvalue weighted by Gasteiger charge is 2.29. The van der Waals surface area contributed by atoms with E-state index in [4.69, 9.17) is 5.11 Å². The van der Waals surface area contributed by atoms with Gasteiger partial charge in [-0.15, -0.1) is 0 Å². The Kier molecular flexibility index (Phi) is 7.61. The number of aliphatic hydroxyl groups excluding tert-OH is 1. The van der Waals surface area contributed by atoms with E-state index in [0.29, 0.717) is 5.41 Å². The lowest BCUT2D eigenvalue weighted by atomic mass is 9.69. The highest BCUT2D eigenvalue weighted by Crippen LogP contribution is 2.43. The first-order chi connectivity index (χ1) is 10.4. The first-order valence-corrected chi connectivity index (χ1v) is 8.44. The number of hydrogen-bond donors (Lipinski definition) is 1. The molecule has 0 saturated heterocycles. The molecule has 0 amide bonds. The predicted molar refractivity (Wildman–Crippen MR) is 97.8 cm³/mol. The van der Waals surface area contributed by atoms with Crippen molar-refractivity contribution < 1.29 is 5.11 Å². The van der Waals surface area contributed by atoms with Crippen LogP contribution in [-0.4, -0.2) is 11.7 Å². The maximum Gasteiger partial charge on any atom is 0.0617 e. The minimum absolute atomic E-state index is 0.0990. The molecule has 0 aromatic rings. The molecule has 1 nitrogen and oxygen atoms in total. The van der Waals surface area contributed by atoms with Crippen molar-refractivity contribution in [2.75, 3.05) is 6.61 Å². The molecule has 0 heterocycles. The lowest BCUT2D eigenvalue weighted by Crippen LogP contribution is -2.22. The summed E-state index contributed by atoms with van der Waals surface area (Å²) in [6.45, 7) is 11.2. The van der Waals surface area contributed by atoms with Crippen LogP contribution in [0, 0.1) is 5.41 Å². The Bertz CT molecular complexity index is 514. The summed E-state index contributed by atoms with van der Waals surface area (Å²) in [5.74, 6) is 0. The summed E-state index contributed by atoms with van der Waals surface area (Å²) in [5.41, 5.74) is 5.76. The minimum Gasteiger partial charge on any atom is -0.392 e. The Morgan fingerprint density at radius 1 is 1.23 bits per heavy atom. The van der Waals surface area contributed by atoms with Crippen LogP contribution in [-0.2, 0) is 0 Å². The molecule has 1 heteroatoms. The Morgan fingerprint density at radius 3 is 2.59 bits per heavy atom. The van der Waals surface area contributed by atoms with Crippen LogP contribution < -0.4 is 0 Å². The molecule has 1 unspecified atom stereocenters. The van der Waals surface area contributed by atoms with Gasteiger partial charge in [-0.05, 0) is 57.4 Å². The van der Waals surface area contributed by atoms with E-state index in [-0.39, 0.29) is 6.61 Å². The zero-order valence-electron chi connectivity index (χ0n) is 14.9. The van der Waals surface area contributed by atoms with Crippen molar-refractivity contribution in [3.63, 3.8) is 0 Å². The number of allylic oxidation sites excluding steroid dienone is 9. The first-order valence-electron chi connectivity index (χ1n) is 8.44. The Labute approximate surface area is 136 Å². The van der Waals surface area contributed by atoms with Gasteiger partial charge in [0.2, 0.25) is 0 Å². The van der Waals surface area contributed by atoms with Crippen LogP contribution >= 0.6 is 0 Å². The van der Waals surface area contributed by atoms with Crippen LogP contribution in [0.2, 0.25) is 0 Å². The van der Waals surface area contributed by atoms with Crippen LogP contribution in [0.25, 0.3) is 0 Å². The van der Waals surface area contributed by atoms with Gasteiger partial charge in [-0.2, -0.15) is 0 Å². The van der Waals surface area contributed by atoms with Gasteiger partial charge >= 0.3 is 0 Å². The summed E-state index contributed by atoms with van der Waals surface area (Å²) in [6.07, 6.45) is 17.6. The second-order valence-electron chi connectivity index (χ2n) is 6.70. The second kappa shape index (κ2) is 8.95. The van der Waals surface area contributed by atoms with Crippen LogP contribution in [0.1, 0.15) is 60.3 Å². The predicted octanol–water partition coefficient (Wildman–Crippen LogP) is 5.90. The first kappa shape index (κ1) is 18.7. The van der Waals surface area contributed by atoms with Gasteiger partial charge in [-0.25, -0.2) is 0 Å². The molecule has 122 valence electrons. The number of hydrogen-bond acceptors (Lipinski definition) is 1. The van der Waals surface area contributed by atoms with Crippen molar-refractivity contribution in [3.05, 3.63) is 58.7 Å². The van der Waals surface area contributed by atoms with Gasteiger partial charge in [0.05, 0.1) is 6.61 Å². The third kappa shape index (κ3) is 5.46. The molecule has 0 radical (unpaired) electrons. The van der Waals surface area contributed by atoms with Gasteiger partial charge in [0.25, 0.3) is 0 Å². The van der Waals surface area contributed by atoms with Crippen molar-refractivity contribution in [2.24, 2.45) is 5.41 Å². The van der Waals surface area contributed by atoms with E-state index in [1.165, 1.54) is 36.8 Å². The topological polar surface area (TPSA) is 20.2 Å². The van der Waals surface area contributed by atoms with E-state index in [0.717, 1.165) is 5.57 Å². The molecular formula is C21H32O. The van der Waals surface area contributed by atoms with Crippen molar-refractivity contribution in [3.8, 4) is 0 Å². The molecule has 1 rings (SSSR count). The monoisotopic (exact) mass is 300 g/mol. The maximum atomic E-state index is 8.83. The molecule has 1 aliphatic rings. The summed E-state index contributed by atoms with van der Waals surface area (Å²) >= 11 is 0. The smallest absolute Gasteiger partial charge is 0.0617 e. The normalized spacial score (nSPS) is 24.8. The fraction of sp³-hybridized carbons (Fsp3) is 0.524. The van der Waals surface area contributed by atoms with Crippen LogP contribution in [0.15, 0.2) is 58.7 Å². The fourth-order valence-corrected chi connectivity index (χ4v) is 3.07. The molecule has 0 aliphatic heterocycles. The molecule has 0 aromatic heterocycles. The van der Waals surface area contributed by atoms with Gasteiger partial charge in [-0.3, -0.25) is 0 Å². The van der Waals surface area contributed by atoms with Gasteiger partial charge in [-0.1, -0.05) is 67.0 Å². The molecule has 1 N–H and O–H groups in total. The molecule has 0 saturated carbocycles. The Morgan fingerprint density at radius 2 is 1.95 bits per heavy atom. The summed E-state index contributed by atoms with van der Waals surface area (Å²) in [5, 5.41) is 8.83. The van der Waals surface area contributed by atoms with Gasteiger partial charge in [0, 0.05) is 0 Å². The summed E-state index contributed by atoms with van der Waals surface area (Å²) in [4.78, 5) is 0. The van der Waals surface area contributed by atoms with Crippen LogP contribution in [0.4, 0.5) is 0 Å². The zero-order chi connectivity index (χ0) is 16.6. The molecule has 0 bridgehead atoms. The quantitative estimate of drug-likeness (QED) is 0.605. The summed E-state index contributed by atoms with van der Waals surface area (Å²) < 4.78 is 0. The standard InChI is InChI=1S/C21H32O/c1-6-21(5)15-8-11-19(4)20(21)13-12-17(2)9-7-10-18(3)14-16-22/h7,9-10,12-14,22H,6,8,11,15-16H2,1-5H3/b10-7+,13-12+,17-9+,18-14-. The second-order valence-corrected chi connectivity index (χ2v) is 6.70. The largest absolute Gasteiger partial charge is 0.392 e. The van der Waals surface area contributed by atoms with E-state index < -0.39 is 0 Å². The lowest BCUT2D eigenvalue weighted by Gasteiger charge is -2.35. The lowest BCUT2D eigenvalue weighted by molar-refractivity contribution is 0.327. The molecule has 0 spiro atoms. The Balaban J connectivity index is 2.84. The third-order valence-electron chi connectivity index (χ3n) is 4.82. The van der Waals surface area contributed by atoms with Crippen molar-refractivity contribution in [2.45, 2.75) is 60.3 Å². The van der Waals surface area contributed by atoms with E-state index in [1.807, 2.05) is 19.1 Å². The molecule has 1 aliphatic carbocycles. The van der Waals surface area contributed by atoms with E-state index >= 15 is 0 Å². The molecular weight excluding hydrogens is 268 g/mol. The van der Waals surface area contributed by atoms with Gasteiger partial charge in [0.1, 0.15) is 0 Å². The van der Waals surface area contributed by atoms with E-state index in [9.17, 15) is 0 Å². The third-order valence-corrected chi connectivity index (χ3v) is 4.82. The van der Waals surface area contributed by atoms with Crippen molar-refractivity contribution in [1.29, 1.82) is 0 Å². The highest BCUT2D eigenvalue weighted by atomic mass is 16.2. The van der Waals surface area contributed by atoms with E-state index in [1.54, 1.807) is 11.6 Å². The van der Waals surface area contributed by atoms with Crippen LogP contribution in [0.3, 0.4) is 0 Å². The van der Waals surface area contributed by atoms with Gasteiger partial charge in [0.15, 0.2) is 0 Å². The highest BCUT2D eigenvalue weighted by molar-refractivity contribution is 5.37. The van der Waals surface area contributed by atoms with Crippen molar-refractivity contribution >= 4 is 0 Å². The summed E-state index contributed by atoms with van der Waals surface area (Å²) in [7, 11) is 0. The molecule has 0 fully saturated rings. The molecule has 22 heavy (non-hydrogen) atoms. The van der Waals surface area contributed by atoms with Gasteiger partial charge < -0.3 is 5.11 Å². The van der Waals surface area contributed by atoms with Crippen molar-refractivity contribution in [1.82, 2.24) is 0 Å². The zero-order valence-corrected chi connectivity index (χ0v) is 14.9. The molecule has 0 aromatic carbocycles. The fourth-order valence-electron chi connectivity index (χ4n) is 3.07. The minimum atomic E-state index is 0.0990. The summed E-state index contributed by atoms with van der Waals surface area (Å²) in [6, 6.07) is 0. The number of aliphatic hydroxyl groups is 1. The van der Waals surface area contributed by atoms with E-state index in [2.05, 4.69) is 45.9 Å². The SMILES string of the molecule is CCC1(C)CCCC(C)=C1/C=C/C(C)=C/C=C/C(C)=C\CO. The average Bonchev–Trinajstić information content (AvgIpc) is 2.47. The van der Waals surface area contributed by atoms with Crippen LogP contribution in [0.5, 0.6) is 0 Å².